The molecule has 0 spiro atoms. The zero-order chi connectivity index (χ0) is 24.9. The lowest BCUT2D eigenvalue weighted by Crippen LogP contribution is -2.56. The van der Waals surface area contributed by atoms with Crippen molar-refractivity contribution in [3.05, 3.63) is 59.7 Å². The van der Waals surface area contributed by atoms with Crippen molar-refractivity contribution in [3.63, 3.8) is 0 Å². The molecule has 7 nitrogen and oxygen atoms in total. The number of carboxylic acids is 1. The molecule has 0 bridgehead atoms. The summed E-state index contributed by atoms with van der Waals surface area (Å²) in [4.78, 5) is 39.4. The molecule has 3 atom stereocenters. The van der Waals surface area contributed by atoms with Crippen LogP contribution >= 0.6 is 0 Å². The molecule has 4 rings (SSSR count). The number of carbonyl (C=O) groups is 3. The van der Waals surface area contributed by atoms with E-state index in [-0.39, 0.29) is 24.3 Å². The first-order valence-corrected chi connectivity index (χ1v) is 12.6. The smallest absolute Gasteiger partial charge is 0.407 e. The van der Waals surface area contributed by atoms with Gasteiger partial charge in [0.1, 0.15) is 18.7 Å². The van der Waals surface area contributed by atoms with Gasteiger partial charge in [-0.15, -0.1) is 0 Å². The van der Waals surface area contributed by atoms with Crippen molar-refractivity contribution < 1.29 is 24.2 Å². The molecule has 2 amide bonds. The quantitative estimate of drug-likeness (QED) is 0.568. The van der Waals surface area contributed by atoms with Gasteiger partial charge in [0.25, 0.3) is 0 Å². The van der Waals surface area contributed by atoms with E-state index in [4.69, 9.17) is 4.74 Å². The number of alkyl carbamates (subject to hydrolysis) is 1. The number of hydrogen-bond acceptors (Lipinski definition) is 4. The maximum Gasteiger partial charge on any atom is 0.407 e. The second-order valence-electron chi connectivity index (χ2n) is 9.65. The summed E-state index contributed by atoms with van der Waals surface area (Å²) in [6.07, 6.45) is 2.59. The van der Waals surface area contributed by atoms with Gasteiger partial charge in [0.05, 0.1) is 0 Å². The predicted octanol–water partition coefficient (Wildman–Crippen LogP) is 4.80. The maximum atomic E-state index is 13.4. The third kappa shape index (κ3) is 5.34. The zero-order valence-corrected chi connectivity index (χ0v) is 20.4. The fourth-order valence-electron chi connectivity index (χ4n) is 5.23. The molecule has 1 fully saturated rings. The SMILES string of the molecule is CCC(C)CC(NC(=O)OCC1c2ccccc2-c2ccccc21)C(=O)N1CCCCC1C(=O)O. The Kier molecular flexibility index (Phi) is 7.73. The van der Waals surface area contributed by atoms with Crippen molar-refractivity contribution >= 4 is 18.0 Å². The van der Waals surface area contributed by atoms with Crippen LogP contribution < -0.4 is 5.32 Å². The number of amides is 2. The molecular formula is C28H34N2O5. The second kappa shape index (κ2) is 10.9. The van der Waals surface area contributed by atoms with Gasteiger partial charge in [-0.05, 0) is 53.9 Å². The lowest BCUT2D eigenvalue weighted by Gasteiger charge is -2.36. The Hall–Kier alpha value is -3.35. The summed E-state index contributed by atoms with van der Waals surface area (Å²) in [7, 11) is 0. The van der Waals surface area contributed by atoms with Crippen LogP contribution in [0, 0.1) is 5.92 Å². The topological polar surface area (TPSA) is 95.9 Å². The molecule has 2 N–H and O–H groups in total. The minimum Gasteiger partial charge on any atom is -0.480 e. The lowest BCUT2D eigenvalue weighted by molar-refractivity contribution is -0.153. The van der Waals surface area contributed by atoms with Crippen molar-refractivity contribution in [1.82, 2.24) is 10.2 Å². The molecule has 7 heteroatoms. The zero-order valence-electron chi connectivity index (χ0n) is 20.4. The molecule has 0 saturated carbocycles. The van der Waals surface area contributed by atoms with Crippen LogP contribution in [0.15, 0.2) is 48.5 Å². The first-order valence-electron chi connectivity index (χ1n) is 12.6. The molecule has 186 valence electrons. The summed E-state index contributed by atoms with van der Waals surface area (Å²) in [5.41, 5.74) is 4.52. The van der Waals surface area contributed by atoms with Gasteiger partial charge in [-0.2, -0.15) is 0 Å². The highest BCUT2D eigenvalue weighted by Crippen LogP contribution is 2.44. The molecule has 35 heavy (non-hydrogen) atoms. The number of benzene rings is 2. The van der Waals surface area contributed by atoms with Crippen LogP contribution in [0.5, 0.6) is 0 Å². The van der Waals surface area contributed by atoms with Gasteiger partial charge in [0.15, 0.2) is 0 Å². The number of rotatable bonds is 8. The van der Waals surface area contributed by atoms with Crippen molar-refractivity contribution in [2.75, 3.05) is 13.2 Å². The first kappa shape index (κ1) is 24.8. The molecule has 1 heterocycles. The van der Waals surface area contributed by atoms with Crippen molar-refractivity contribution in [1.29, 1.82) is 0 Å². The van der Waals surface area contributed by atoms with E-state index in [0.717, 1.165) is 41.5 Å². The summed E-state index contributed by atoms with van der Waals surface area (Å²) in [6, 6.07) is 14.6. The van der Waals surface area contributed by atoms with Gasteiger partial charge in [0.2, 0.25) is 5.91 Å². The Morgan fingerprint density at radius 3 is 2.29 bits per heavy atom. The number of carboxylic acid groups (broad SMARTS) is 1. The van der Waals surface area contributed by atoms with E-state index < -0.39 is 24.1 Å². The Bertz CT molecular complexity index is 1040. The molecule has 2 aromatic rings. The van der Waals surface area contributed by atoms with Crippen molar-refractivity contribution in [2.45, 2.75) is 64.0 Å². The maximum absolute atomic E-state index is 13.4. The van der Waals surface area contributed by atoms with E-state index in [0.29, 0.717) is 19.4 Å². The highest BCUT2D eigenvalue weighted by Gasteiger charge is 2.37. The molecule has 0 aromatic heterocycles. The van der Waals surface area contributed by atoms with Crippen LogP contribution in [0.25, 0.3) is 11.1 Å². The Labute approximate surface area is 206 Å². The van der Waals surface area contributed by atoms with E-state index in [1.54, 1.807) is 0 Å². The number of carbonyl (C=O) groups excluding carboxylic acids is 2. The van der Waals surface area contributed by atoms with Crippen LogP contribution in [0.1, 0.15) is 63.0 Å². The van der Waals surface area contributed by atoms with E-state index in [2.05, 4.69) is 29.6 Å². The third-order valence-electron chi connectivity index (χ3n) is 7.34. The lowest BCUT2D eigenvalue weighted by atomic mass is 9.96. The Morgan fingerprint density at radius 1 is 1.06 bits per heavy atom. The number of piperidine rings is 1. The van der Waals surface area contributed by atoms with Crippen LogP contribution in [-0.4, -0.2) is 53.2 Å². The highest BCUT2D eigenvalue weighted by molar-refractivity contribution is 5.89. The van der Waals surface area contributed by atoms with Gasteiger partial charge in [-0.1, -0.05) is 68.8 Å². The second-order valence-corrected chi connectivity index (χ2v) is 9.65. The van der Waals surface area contributed by atoms with Crippen molar-refractivity contribution in [2.24, 2.45) is 5.92 Å². The molecular weight excluding hydrogens is 444 g/mol. The molecule has 0 radical (unpaired) electrons. The van der Waals surface area contributed by atoms with Gasteiger partial charge < -0.3 is 20.1 Å². The third-order valence-corrected chi connectivity index (χ3v) is 7.34. The van der Waals surface area contributed by atoms with Crippen LogP contribution in [-0.2, 0) is 14.3 Å². The van der Waals surface area contributed by atoms with Gasteiger partial charge in [0, 0.05) is 12.5 Å². The number of ether oxygens (including phenoxy) is 1. The van der Waals surface area contributed by atoms with Gasteiger partial charge in [-0.3, -0.25) is 4.79 Å². The van der Waals surface area contributed by atoms with Crippen LogP contribution in [0.3, 0.4) is 0 Å². The van der Waals surface area contributed by atoms with E-state index in [1.165, 1.54) is 4.90 Å². The summed E-state index contributed by atoms with van der Waals surface area (Å²) in [6.45, 7) is 4.59. The molecule has 1 saturated heterocycles. The minimum absolute atomic E-state index is 0.0737. The normalized spacial score (nSPS) is 18.8. The average Bonchev–Trinajstić information content (AvgIpc) is 3.20. The molecule has 2 aliphatic rings. The molecule has 3 unspecified atom stereocenters. The number of aliphatic carboxylic acids is 1. The molecule has 1 aliphatic heterocycles. The Morgan fingerprint density at radius 2 is 1.69 bits per heavy atom. The summed E-state index contributed by atoms with van der Waals surface area (Å²) < 4.78 is 5.66. The largest absolute Gasteiger partial charge is 0.480 e. The summed E-state index contributed by atoms with van der Waals surface area (Å²) in [5.74, 6) is -1.23. The number of hydrogen-bond donors (Lipinski definition) is 2. The van der Waals surface area contributed by atoms with Gasteiger partial charge >= 0.3 is 12.1 Å². The van der Waals surface area contributed by atoms with Crippen LogP contribution in [0.4, 0.5) is 4.79 Å². The number of nitrogens with zero attached hydrogens (tertiary/aromatic N) is 1. The molecule has 2 aromatic carbocycles. The van der Waals surface area contributed by atoms with Gasteiger partial charge in [-0.25, -0.2) is 9.59 Å². The van der Waals surface area contributed by atoms with E-state index >= 15 is 0 Å². The number of nitrogens with one attached hydrogen (secondary N) is 1. The standard InChI is InChI=1S/C28H34N2O5/c1-3-18(2)16-24(26(31)30-15-9-8-14-25(30)27(32)33)29-28(34)35-17-23-21-12-6-4-10-19(21)20-11-5-7-13-22(20)23/h4-7,10-13,18,23-25H,3,8-9,14-17H2,1-2H3,(H,29,34)(H,32,33). The number of likely N-dealkylation sites (tertiary alicyclic amines) is 1. The minimum atomic E-state index is -0.999. The van der Waals surface area contributed by atoms with Crippen molar-refractivity contribution in [3.8, 4) is 11.1 Å². The first-order chi connectivity index (χ1) is 16.9. The van der Waals surface area contributed by atoms with Crippen LogP contribution in [0.2, 0.25) is 0 Å². The van der Waals surface area contributed by atoms with E-state index in [9.17, 15) is 19.5 Å². The highest BCUT2D eigenvalue weighted by atomic mass is 16.5. The molecule has 1 aliphatic carbocycles. The number of fused-ring (bicyclic) bond motifs is 3. The monoisotopic (exact) mass is 478 g/mol. The summed E-state index contributed by atoms with van der Waals surface area (Å²) in [5, 5.41) is 12.4. The predicted molar refractivity (Wildman–Crippen MR) is 133 cm³/mol. The fraction of sp³-hybridized carbons (Fsp3) is 0.464. The fourth-order valence-corrected chi connectivity index (χ4v) is 5.23. The summed E-state index contributed by atoms with van der Waals surface area (Å²) >= 11 is 0. The van der Waals surface area contributed by atoms with E-state index in [1.807, 2.05) is 38.1 Å². The average molecular weight is 479 g/mol. The Balaban J connectivity index is 1.46.